The first-order valence-electron chi connectivity index (χ1n) is 4.28. The third-order valence-corrected chi connectivity index (χ3v) is 2.63. The van der Waals surface area contributed by atoms with E-state index in [0.717, 1.165) is 23.6 Å². The molecule has 2 aromatic heterocycles. The molecule has 0 atom stereocenters. The van der Waals surface area contributed by atoms with Gasteiger partial charge in [-0.05, 0) is 0 Å². The van der Waals surface area contributed by atoms with Crippen LogP contribution in [0.15, 0.2) is 17.0 Å². The maximum Gasteiger partial charge on any atom is 0.130 e. The fourth-order valence-electron chi connectivity index (χ4n) is 1.16. The molecule has 0 aliphatic heterocycles. The molecule has 5 heteroatoms. The molecule has 0 unspecified atom stereocenters. The molecule has 72 valence electrons. The third-order valence-electron chi connectivity index (χ3n) is 1.84. The molecular weight excluding hydrogens is 214 g/mol. The molecule has 0 saturated carbocycles. The Hall–Kier alpha value is -1.07. The maximum absolute atomic E-state index is 5.07. The fourth-order valence-corrected chi connectivity index (χ4v) is 1.94. The number of hydrogen-bond donors (Lipinski definition) is 1. The van der Waals surface area contributed by atoms with Gasteiger partial charge in [0.2, 0.25) is 0 Å². The van der Waals surface area contributed by atoms with E-state index in [-0.39, 0.29) is 0 Å². The van der Waals surface area contributed by atoms with Crippen LogP contribution in [0, 0.1) is 4.64 Å². The monoisotopic (exact) mass is 223 g/mol. The SMILES string of the molecule is CCc1nc(=S)cc(-c2cscn2)[nH]1. The topological polar surface area (TPSA) is 41.6 Å². The van der Waals surface area contributed by atoms with Crippen LogP contribution >= 0.6 is 23.6 Å². The van der Waals surface area contributed by atoms with Gasteiger partial charge in [-0.1, -0.05) is 19.1 Å². The molecule has 0 aliphatic rings. The summed E-state index contributed by atoms with van der Waals surface area (Å²) in [7, 11) is 0. The van der Waals surface area contributed by atoms with Crippen LogP contribution < -0.4 is 0 Å². The number of thiazole rings is 1. The molecule has 0 fully saturated rings. The van der Waals surface area contributed by atoms with Gasteiger partial charge < -0.3 is 4.98 Å². The number of nitrogens with one attached hydrogen (secondary N) is 1. The molecule has 0 amide bonds. The van der Waals surface area contributed by atoms with Gasteiger partial charge in [0, 0.05) is 17.9 Å². The summed E-state index contributed by atoms with van der Waals surface area (Å²) in [5.74, 6) is 0.903. The van der Waals surface area contributed by atoms with Crippen molar-refractivity contribution in [2.75, 3.05) is 0 Å². The highest BCUT2D eigenvalue weighted by Crippen LogP contribution is 2.16. The molecule has 2 heterocycles. The number of hydrogen-bond acceptors (Lipinski definition) is 4. The van der Waals surface area contributed by atoms with E-state index in [1.54, 1.807) is 16.8 Å². The molecule has 3 nitrogen and oxygen atoms in total. The van der Waals surface area contributed by atoms with Crippen LogP contribution in [0.5, 0.6) is 0 Å². The molecular formula is C9H9N3S2. The van der Waals surface area contributed by atoms with E-state index in [0.29, 0.717) is 4.64 Å². The van der Waals surface area contributed by atoms with Gasteiger partial charge in [0.15, 0.2) is 0 Å². The van der Waals surface area contributed by atoms with Gasteiger partial charge in [0.1, 0.15) is 10.5 Å². The van der Waals surface area contributed by atoms with Crippen LogP contribution in [0.25, 0.3) is 11.4 Å². The Morgan fingerprint density at radius 2 is 2.43 bits per heavy atom. The van der Waals surface area contributed by atoms with Crippen LogP contribution in [0.1, 0.15) is 12.7 Å². The standard InChI is InChI=1S/C9H9N3S2/c1-2-8-11-6(3-9(13)12-8)7-4-14-5-10-7/h3-5H,2H2,1H3,(H,11,12,13). The average Bonchev–Trinajstić information content (AvgIpc) is 2.69. The lowest BCUT2D eigenvalue weighted by Gasteiger charge is -2.00. The minimum Gasteiger partial charge on any atom is -0.342 e. The summed E-state index contributed by atoms with van der Waals surface area (Å²) in [5, 5.41) is 1.99. The predicted octanol–water partition coefficient (Wildman–Crippen LogP) is 2.83. The van der Waals surface area contributed by atoms with Gasteiger partial charge in [0.25, 0.3) is 0 Å². The van der Waals surface area contributed by atoms with E-state index >= 15 is 0 Å². The second-order valence-corrected chi connectivity index (χ2v) is 3.94. The van der Waals surface area contributed by atoms with Crippen molar-refractivity contribution in [1.29, 1.82) is 0 Å². The molecule has 0 aliphatic carbocycles. The first-order valence-corrected chi connectivity index (χ1v) is 5.63. The van der Waals surface area contributed by atoms with E-state index < -0.39 is 0 Å². The zero-order valence-corrected chi connectivity index (χ0v) is 9.28. The van der Waals surface area contributed by atoms with E-state index in [9.17, 15) is 0 Å². The summed E-state index contributed by atoms with van der Waals surface area (Å²) < 4.78 is 0.614. The molecule has 0 bridgehead atoms. The van der Waals surface area contributed by atoms with E-state index in [4.69, 9.17) is 12.2 Å². The van der Waals surface area contributed by atoms with Gasteiger partial charge in [-0.25, -0.2) is 9.97 Å². The highest BCUT2D eigenvalue weighted by molar-refractivity contribution is 7.71. The summed E-state index contributed by atoms with van der Waals surface area (Å²) in [6.45, 7) is 2.04. The second kappa shape index (κ2) is 3.98. The predicted molar refractivity (Wildman–Crippen MR) is 59.9 cm³/mol. The Morgan fingerprint density at radius 3 is 3.07 bits per heavy atom. The lowest BCUT2D eigenvalue weighted by atomic mass is 10.3. The maximum atomic E-state index is 5.07. The number of nitrogens with zero attached hydrogens (tertiary/aromatic N) is 2. The van der Waals surface area contributed by atoms with Crippen molar-refractivity contribution in [2.24, 2.45) is 0 Å². The van der Waals surface area contributed by atoms with Crippen LogP contribution in [0.3, 0.4) is 0 Å². The molecule has 14 heavy (non-hydrogen) atoms. The molecule has 0 radical (unpaired) electrons. The minimum atomic E-state index is 0.614. The Balaban J connectivity index is 2.54. The third kappa shape index (κ3) is 1.88. The number of aryl methyl sites for hydroxylation is 1. The quantitative estimate of drug-likeness (QED) is 0.796. The summed E-state index contributed by atoms with van der Waals surface area (Å²) in [6.07, 6.45) is 0.849. The Bertz CT molecular complexity index is 473. The Morgan fingerprint density at radius 1 is 1.57 bits per heavy atom. The summed E-state index contributed by atoms with van der Waals surface area (Å²) in [5.41, 5.74) is 3.68. The molecule has 2 aromatic rings. The van der Waals surface area contributed by atoms with Crippen molar-refractivity contribution >= 4 is 23.6 Å². The van der Waals surface area contributed by atoms with Crippen molar-refractivity contribution in [3.05, 3.63) is 27.4 Å². The number of H-pyrrole nitrogens is 1. The van der Waals surface area contributed by atoms with Gasteiger partial charge >= 0.3 is 0 Å². The van der Waals surface area contributed by atoms with Gasteiger partial charge in [0.05, 0.1) is 16.9 Å². The summed E-state index contributed by atoms with van der Waals surface area (Å²) in [6, 6.07) is 1.84. The van der Waals surface area contributed by atoms with Crippen LogP contribution in [-0.4, -0.2) is 15.0 Å². The van der Waals surface area contributed by atoms with Gasteiger partial charge in [-0.3, -0.25) is 0 Å². The normalized spacial score (nSPS) is 10.4. The summed E-state index contributed by atoms with van der Waals surface area (Å²) >= 11 is 6.64. The molecule has 0 aromatic carbocycles. The van der Waals surface area contributed by atoms with Crippen LogP contribution in [-0.2, 0) is 6.42 Å². The highest BCUT2D eigenvalue weighted by Gasteiger charge is 2.01. The van der Waals surface area contributed by atoms with Gasteiger partial charge in [-0.2, -0.15) is 0 Å². The van der Waals surface area contributed by atoms with Crippen molar-refractivity contribution in [1.82, 2.24) is 15.0 Å². The minimum absolute atomic E-state index is 0.614. The second-order valence-electron chi connectivity index (χ2n) is 2.81. The van der Waals surface area contributed by atoms with Gasteiger partial charge in [-0.15, -0.1) is 11.3 Å². The van der Waals surface area contributed by atoms with Crippen molar-refractivity contribution in [3.63, 3.8) is 0 Å². The average molecular weight is 223 g/mol. The molecule has 1 N–H and O–H groups in total. The molecule has 0 spiro atoms. The zero-order chi connectivity index (χ0) is 9.97. The van der Waals surface area contributed by atoms with Crippen LogP contribution in [0.4, 0.5) is 0 Å². The van der Waals surface area contributed by atoms with E-state index in [2.05, 4.69) is 15.0 Å². The number of rotatable bonds is 2. The van der Waals surface area contributed by atoms with Crippen LogP contribution in [0.2, 0.25) is 0 Å². The van der Waals surface area contributed by atoms with E-state index in [1.165, 1.54) is 0 Å². The first kappa shape index (κ1) is 9.48. The fraction of sp³-hybridized carbons (Fsp3) is 0.222. The van der Waals surface area contributed by atoms with Crippen molar-refractivity contribution < 1.29 is 0 Å². The van der Waals surface area contributed by atoms with Crippen molar-refractivity contribution in [2.45, 2.75) is 13.3 Å². The molecule has 0 saturated heterocycles. The zero-order valence-electron chi connectivity index (χ0n) is 7.65. The Labute approximate surface area is 90.9 Å². The smallest absolute Gasteiger partial charge is 0.130 e. The van der Waals surface area contributed by atoms with E-state index in [1.807, 2.05) is 18.4 Å². The number of aromatic nitrogens is 3. The lowest BCUT2D eigenvalue weighted by Crippen LogP contribution is -1.95. The lowest BCUT2D eigenvalue weighted by molar-refractivity contribution is 0.934. The Kier molecular flexibility index (Phi) is 2.69. The molecule has 2 rings (SSSR count). The summed E-state index contributed by atoms with van der Waals surface area (Å²) in [4.78, 5) is 11.6. The number of aromatic amines is 1. The highest BCUT2D eigenvalue weighted by atomic mass is 32.1. The first-order chi connectivity index (χ1) is 6.79. The largest absolute Gasteiger partial charge is 0.342 e. The van der Waals surface area contributed by atoms with Crippen molar-refractivity contribution in [3.8, 4) is 11.4 Å².